The Bertz CT molecular complexity index is 1050. The molecule has 4 nitrogen and oxygen atoms in total. The molecule has 144 valence electrons. The molecular formula is C25H23N3O. The van der Waals surface area contributed by atoms with Gasteiger partial charge in [0.1, 0.15) is 5.84 Å². The van der Waals surface area contributed by atoms with Crippen LogP contribution in [0.25, 0.3) is 5.57 Å². The first-order valence-corrected chi connectivity index (χ1v) is 9.71. The number of hydrogen-bond acceptors (Lipinski definition) is 2. The molecule has 0 fully saturated rings. The van der Waals surface area contributed by atoms with Crippen LogP contribution in [0.5, 0.6) is 0 Å². The summed E-state index contributed by atoms with van der Waals surface area (Å²) in [6, 6.07) is 27.9. The zero-order chi connectivity index (χ0) is 20.1. The minimum absolute atomic E-state index is 0.279. The first kappa shape index (κ1) is 18.7. The highest BCUT2D eigenvalue weighted by Crippen LogP contribution is 2.31. The number of anilines is 1. The van der Waals surface area contributed by atoms with Crippen LogP contribution in [0.1, 0.15) is 23.1 Å². The van der Waals surface area contributed by atoms with Crippen molar-refractivity contribution in [1.29, 1.82) is 0 Å². The van der Waals surface area contributed by atoms with Gasteiger partial charge in [-0.05, 0) is 35.8 Å². The number of urea groups is 1. The highest BCUT2D eigenvalue weighted by molar-refractivity contribution is 6.08. The second-order valence-electron chi connectivity index (χ2n) is 7.13. The maximum atomic E-state index is 12.4. The molecule has 3 aromatic rings. The van der Waals surface area contributed by atoms with E-state index in [2.05, 4.69) is 54.0 Å². The third-order valence-corrected chi connectivity index (χ3v) is 4.87. The highest BCUT2D eigenvalue weighted by Gasteiger charge is 2.21. The van der Waals surface area contributed by atoms with Crippen LogP contribution in [-0.2, 0) is 6.42 Å². The fraction of sp³-hybridized carbons (Fsp3) is 0.120. The second kappa shape index (κ2) is 8.57. The summed E-state index contributed by atoms with van der Waals surface area (Å²) in [6.45, 7) is 2.08. The lowest BCUT2D eigenvalue weighted by Crippen LogP contribution is -2.33. The van der Waals surface area contributed by atoms with E-state index in [1.54, 1.807) is 0 Å². The van der Waals surface area contributed by atoms with Gasteiger partial charge in [-0.1, -0.05) is 78.4 Å². The number of allylic oxidation sites excluding steroid dienone is 1. The molecule has 2 N–H and O–H groups in total. The summed E-state index contributed by atoms with van der Waals surface area (Å²) < 4.78 is 0. The van der Waals surface area contributed by atoms with Crippen LogP contribution in [0.2, 0.25) is 0 Å². The van der Waals surface area contributed by atoms with E-state index < -0.39 is 0 Å². The predicted molar refractivity (Wildman–Crippen MR) is 119 cm³/mol. The van der Waals surface area contributed by atoms with Gasteiger partial charge in [-0.15, -0.1) is 0 Å². The Morgan fingerprint density at radius 3 is 2.21 bits per heavy atom. The van der Waals surface area contributed by atoms with Gasteiger partial charge in [0.05, 0.1) is 5.70 Å². The van der Waals surface area contributed by atoms with Gasteiger partial charge in [0.2, 0.25) is 0 Å². The van der Waals surface area contributed by atoms with Crippen LogP contribution in [0, 0.1) is 6.92 Å². The Labute approximate surface area is 171 Å². The van der Waals surface area contributed by atoms with Crippen LogP contribution in [0.15, 0.2) is 95.6 Å². The van der Waals surface area contributed by atoms with E-state index in [0.29, 0.717) is 12.3 Å². The predicted octanol–water partition coefficient (Wildman–Crippen LogP) is 5.57. The minimum atomic E-state index is -0.279. The molecule has 0 saturated carbocycles. The van der Waals surface area contributed by atoms with E-state index in [9.17, 15) is 4.79 Å². The molecule has 0 aromatic heterocycles. The van der Waals surface area contributed by atoms with Crippen LogP contribution in [-0.4, -0.2) is 11.9 Å². The van der Waals surface area contributed by atoms with E-state index >= 15 is 0 Å². The molecule has 0 radical (unpaired) electrons. The summed E-state index contributed by atoms with van der Waals surface area (Å²) >= 11 is 0. The van der Waals surface area contributed by atoms with Gasteiger partial charge < -0.3 is 5.32 Å². The number of rotatable bonds is 4. The number of aryl methyl sites for hydroxylation is 1. The lowest BCUT2D eigenvalue weighted by molar-refractivity contribution is 0.256. The zero-order valence-electron chi connectivity index (χ0n) is 16.4. The number of amidine groups is 1. The van der Waals surface area contributed by atoms with Gasteiger partial charge in [0.15, 0.2) is 0 Å². The fourth-order valence-electron chi connectivity index (χ4n) is 3.39. The van der Waals surface area contributed by atoms with Crippen molar-refractivity contribution in [3.63, 3.8) is 0 Å². The molecule has 0 aliphatic carbocycles. The fourth-order valence-corrected chi connectivity index (χ4v) is 3.39. The first-order valence-electron chi connectivity index (χ1n) is 9.71. The SMILES string of the molecule is Cc1ccc(C2=C(Cc3ccccc3)N=C(NC(=O)Nc3ccccc3)C2)cc1. The van der Waals surface area contributed by atoms with Gasteiger partial charge in [-0.3, -0.25) is 5.32 Å². The van der Waals surface area contributed by atoms with E-state index in [4.69, 9.17) is 4.99 Å². The van der Waals surface area contributed by atoms with Gasteiger partial charge >= 0.3 is 6.03 Å². The van der Waals surface area contributed by atoms with Crippen molar-refractivity contribution in [2.24, 2.45) is 4.99 Å². The standard InChI is InChI=1S/C25H23N3O/c1-18-12-14-20(15-13-18)22-17-24(27-23(22)16-19-8-4-2-5-9-19)28-25(29)26-21-10-6-3-7-11-21/h2-15H,16-17H2,1H3,(H2,26,27,28,29). The number of carbonyl (C=O) groups excluding carboxylic acids is 1. The van der Waals surface area contributed by atoms with Crippen molar-refractivity contribution in [2.75, 3.05) is 5.32 Å². The summed E-state index contributed by atoms with van der Waals surface area (Å²) in [5.74, 6) is 0.667. The molecule has 4 heteroatoms. The number of para-hydroxylation sites is 1. The quantitative estimate of drug-likeness (QED) is 0.610. The normalized spacial score (nSPS) is 13.2. The summed E-state index contributed by atoms with van der Waals surface area (Å²) in [5, 5.41) is 5.76. The average molecular weight is 381 g/mol. The molecule has 0 saturated heterocycles. The van der Waals surface area contributed by atoms with Crippen molar-refractivity contribution in [3.05, 3.63) is 107 Å². The Morgan fingerprint density at radius 2 is 1.52 bits per heavy atom. The van der Waals surface area contributed by atoms with Crippen LogP contribution < -0.4 is 10.6 Å². The first-order chi connectivity index (χ1) is 14.2. The lowest BCUT2D eigenvalue weighted by Gasteiger charge is -2.08. The molecule has 0 bridgehead atoms. The summed E-state index contributed by atoms with van der Waals surface area (Å²) in [7, 11) is 0. The smallest absolute Gasteiger partial charge is 0.308 e. The number of hydrogen-bond donors (Lipinski definition) is 2. The van der Waals surface area contributed by atoms with E-state index in [1.807, 2.05) is 48.5 Å². The number of nitrogens with zero attached hydrogens (tertiary/aromatic N) is 1. The van der Waals surface area contributed by atoms with Crippen molar-refractivity contribution in [2.45, 2.75) is 19.8 Å². The van der Waals surface area contributed by atoms with E-state index in [0.717, 1.165) is 28.9 Å². The summed E-state index contributed by atoms with van der Waals surface area (Å²) in [5.41, 5.74) is 6.47. The van der Waals surface area contributed by atoms with Crippen molar-refractivity contribution < 1.29 is 4.79 Å². The Kier molecular flexibility index (Phi) is 5.52. The number of benzene rings is 3. The molecule has 2 amide bonds. The monoisotopic (exact) mass is 381 g/mol. The molecule has 0 unspecified atom stereocenters. The molecule has 0 atom stereocenters. The molecule has 29 heavy (non-hydrogen) atoms. The third kappa shape index (κ3) is 4.79. The molecular weight excluding hydrogens is 358 g/mol. The average Bonchev–Trinajstić information content (AvgIpc) is 3.12. The van der Waals surface area contributed by atoms with Gasteiger partial charge in [0, 0.05) is 18.5 Å². The largest absolute Gasteiger partial charge is 0.324 e. The molecule has 1 heterocycles. The van der Waals surface area contributed by atoms with Crippen LogP contribution >= 0.6 is 0 Å². The number of amides is 2. The molecule has 0 spiro atoms. The Morgan fingerprint density at radius 1 is 0.862 bits per heavy atom. The van der Waals surface area contributed by atoms with E-state index in [1.165, 1.54) is 11.1 Å². The number of nitrogens with one attached hydrogen (secondary N) is 2. The summed E-state index contributed by atoms with van der Waals surface area (Å²) in [4.78, 5) is 17.2. The Hall–Kier alpha value is -3.66. The summed E-state index contributed by atoms with van der Waals surface area (Å²) in [6.07, 6.45) is 1.34. The van der Waals surface area contributed by atoms with Crippen LogP contribution in [0.4, 0.5) is 10.5 Å². The van der Waals surface area contributed by atoms with Crippen molar-refractivity contribution in [1.82, 2.24) is 5.32 Å². The van der Waals surface area contributed by atoms with Gasteiger partial charge in [0.25, 0.3) is 0 Å². The second-order valence-corrected chi connectivity index (χ2v) is 7.13. The van der Waals surface area contributed by atoms with Gasteiger partial charge in [-0.2, -0.15) is 0 Å². The maximum absolute atomic E-state index is 12.4. The zero-order valence-corrected chi connectivity index (χ0v) is 16.4. The number of carbonyl (C=O) groups is 1. The van der Waals surface area contributed by atoms with Crippen molar-refractivity contribution in [3.8, 4) is 0 Å². The van der Waals surface area contributed by atoms with E-state index in [-0.39, 0.29) is 6.03 Å². The topological polar surface area (TPSA) is 53.5 Å². The Balaban J connectivity index is 1.54. The minimum Gasteiger partial charge on any atom is -0.308 e. The molecule has 4 rings (SSSR count). The maximum Gasteiger partial charge on any atom is 0.324 e. The number of aliphatic imine (C=N–C) groups is 1. The molecule has 1 aliphatic heterocycles. The third-order valence-electron chi connectivity index (χ3n) is 4.87. The highest BCUT2D eigenvalue weighted by atomic mass is 16.2. The van der Waals surface area contributed by atoms with Crippen molar-refractivity contribution >= 4 is 23.1 Å². The molecule has 3 aromatic carbocycles. The van der Waals surface area contributed by atoms with Gasteiger partial charge in [-0.25, -0.2) is 9.79 Å². The lowest BCUT2D eigenvalue weighted by atomic mass is 9.98. The van der Waals surface area contributed by atoms with Crippen LogP contribution in [0.3, 0.4) is 0 Å². The molecule has 1 aliphatic rings.